The van der Waals surface area contributed by atoms with Gasteiger partial charge in [0.2, 0.25) is 0 Å². The van der Waals surface area contributed by atoms with Gasteiger partial charge in [0, 0.05) is 34.6 Å². The van der Waals surface area contributed by atoms with Crippen LogP contribution in [0.5, 0.6) is 0 Å². The summed E-state index contributed by atoms with van der Waals surface area (Å²) in [6.45, 7) is 3.72. The molecule has 0 heterocycles. The first kappa shape index (κ1) is 40.1. The van der Waals surface area contributed by atoms with Crippen LogP contribution < -0.4 is 69.7 Å². The molecule has 0 amide bonds. The Morgan fingerprint density at radius 1 is 0.562 bits per heavy atom. The quantitative estimate of drug-likeness (QED) is 0.123. The van der Waals surface area contributed by atoms with Crippen LogP contribution in [0.25, 0.3) is 0 Å². The van der Waals surface area contributed by atoms with Gasteiger partial charge in [-0.1, -0.05) is 60.7 Å². The summed E-state index contributed by atoms with van der Waals surface area (Å²) in [5.41, 5.74) is 2.66. The summed E-state index contributed by atoms with van der Waals surface area (Å²) >= 11 is 0. The van der Waals surface area contributed by atoms with Crippen molar-refractivity contribution >= 4 is 43.2 Å². The van der Waals surface area contributed by atoms with Crippen molar-refractivity contribution < 1.29 is 94.6 Å². The van der Waals surface area contributed by atoms with Gasteiger partial charge in [0.25, 0.3) is 0 Å². The third-order valence-electron chi connectivity index (χ3n) is 8.06. The molecule has 4 aromatic rings. The number of anilines is 2. The number of benzene rings is 4. The van der Waals surface area contributed by atoms with E-state index in [-0.39, 0.29) is 128 Å². The maximum atomic E-state index is 13.9. The second-order valence-electron chi connectivity index (χ2n) is 11.4. The number of aryl methyl sites for hydroxylation is 2. The summed E-state index contributed by atoms with van der Waals surface area (Å²) in [5, 5.41) is 6.63. The molecule has 0 aromatic heterocycles. The van der Waals surface area contributed by atoms with Gasteiger partial charge in [-0.25, -0.2) is 16.8 Å². The van der Waals surface area contributed by atoms with Crippen LogP contribution in [0.1, 0.15) is 69.7 Å². The Hall–Kier alpha value is -2.36. The first-order valence-corrected chi connectivity index (χ1v) is 17.5. The predicted octanol–water partition coefficient (Wildman–Crippen LogP) is -0.855. The zero-order valence-corrected chi connectivity index (χ0v) is 32.8. The Morgan fingerprint density at radius 2 is 0.896 bits per heavy atom. The second kappa shape index (κ2) is 16.6. The van der Waals surface area contributed by atoms with Crippen LogP contribution in [0.2, 0.25) is 0 Å². The molecule has 1 aliphatic carbocycles. The van der Waals surface area contributed by atoms with Gasteiger partial charge in [0.05, 0.1) is 20.9 Å². The molecule has 0 fully saturated rings. The van der Waals surface area contributed by atoms with Gasteiger partial charge in [0.1, 0.15) is 20.2 Å². The molecular formula is C34H32N2Na2O8S2. The number of rotatable bonds is 12. The van der Waals surface area contributed by atoms with Crippen molar-refractivity contribution in [3.8, 4) is 0 Å². The topological polar surface area (TPSA) is 173 Å². The molecule has 2 atom stereocenters. The molecule has 2 unspecified atom stereocenters. The third-order valence-corrected chi connectivity index (χ3v) is 9.93. The number of ketones is 2. The van der Waals surface area contributed by atoms with E-state index in [1.807, 2.05) is 13.8 Å². The molecule has 240 valence electrons. The van der Waals surface area contributed by atoms with E-state index in [1.165, 1.54) is 24.3 Å². The number of hydrogen-bond acceptors (Lipinski definition) is 10. The van der Waals surface area contributed by atoms with Crippen LogP contribution in [0.4, 0.5) is 11.4 Å². The van der Waals surface area contributed by atoms with Crippen LogP contribution in [-0.4, -0.2) is 49.6 Å². The SMILES string of the molecule is CC(CCc1ccccc1S(=O)(=O)[O-])Nc1ccc(NC(C)CCc2ccccc2S(=O)(=O)[O-])c2c1C(=O)c1ccccc1C2=O.[Na+].[Na+]. The Morgan fingerprint density at radius 3 is 1.25 bits per heavy atom. The first-order valence-electron chi connectivity index (χ1n) is 14.7. The third kappa shape index (κ3) is 9.05. The molecule has 48 heavy (non-hydrogen) atoms. The van der Waals surface area contributed by atoms with Crippen molar-refractivity contribution in [1.29, 1.82) is 0 Å². The van der Waals surface area contributed by atoms with Crippen molar-refractivity contribution in [1.82, 2.24) is 0 Å². The van der Waals surface area contributed by atoms with Gasteiger partial charge < -0.3 is 19.7 Å². The number of nitrogens with one attached hydrogen (secondary N) is 2. The summed E-state index contributed by atoms with van der Waals surface area (Å²) in [6.07, 6.45) is 1.44. The van der Waals surface area contributed by atoms with Gasteiger partial charge in [-0.2, -0.15) is 0 Å². The van der Waals surface area contributed by atoms with Crippen LogP contribution in [-0.2, 0) is 33.1 Å². The smallest absolute Gasteiger partial charge is 0.744 e. The summed E-state index contributed by atoms with van der Waals surface area (Å²) in [6, 6.07) is 21.5. The molecule has 10 nitrogen and oxygen atoms in total. The van der Waals surface area contributed by atoms with Gasteiger partial charge in [-0.3, -0.25) is 9.59 Å². The maximum absolute atomic E-state index is 13.9. The summed E-state index contributed by atoms with van der Waals surface area (Å²) < 4.78 is 70.3. The summed E-state index contributed by atoms with van der Waals surface area (Å²) in [4.78, 5) is 27.2. The van der Waals surface area contributed by atoms with Crippen LogP contribution in [0, 0.1) is 0 Å². The van der Waals surface area contributed by atoms with Crippen LogP contribution >= 0.6 is 0 Å². The van der Waals surface area contributed by atoms with E-state index in [2.05, 4.69) is 10.6 Å². The Kier molecular flexibility index (Phi) is 13.8. The van der Waals surface area contributed by atoms with Gasteiger partial charge >= 0.3 is 59.1 Å². The molecular weight excluding hydrogens is 674 g/mol. The van der Waals surface area contributed by atoms with E-state index in [4.69, 9.17) is 0 Å². The Bertz CT molecular complexity index is 1910. The zero-order valence-electron chi connectivity index (χ0n) is 27.1. The van der Waals surface area contributed by atoms with Gasteiger partial charge in [0.15, 0.2) is 11.6 Å². The van der Waals surface area contributed by atoms with E-state index in [0.29, 0.717) is 35.3 Å². The van der Waals surface area contributed by atoms with Gasteiger partial charge in [-0.15, -0.1) is 0 Å². The minimum atomic E-state index is -4.64. The van der Waals surface area contributed by atoms with E-state index in [9.17, 15) is 35.5 Å². The molecule has 1 aliphatic rings. The maximum Gasteiger partial charge on any atom is 1.00 e. The van der Waals surface area contributed by atoms with E-state index >= 15 is 0 Å². The summed E-state index contributed by atoms with van der Waals surface area (Å²) in [5.74, 6) is -0.651. The number of carbonyl (C=O) groups excluding carboxylic acids is 2. The molecule has 0 radical (unpaired) electrons. The predicted molar refractivity (Wildman–Crippen MR) is 171 cm³/mol. The molecule has 0 saturated carbocycles. The molecule has 5 rings (SSSR count). The minimum Gasteiger partial charge on any atom is -0.744 e. The van der Waals surface area contributed by atoms with Crippen LogP contribution in [0.15, 0.2) is 94.7 Å². The van der Waals surface area contributed by atoms with Crippen molar-refractivity contribution in [3.05, 3.63) is 118 Å². The summed E-state index contributed by atoms with van der Waals surface area (Å²) in [7, 11) is -9.28. The van der Waals surface area contributed by atoms with Crippen LogP contribution in [0.3, 0.4) is 0 Å². The second-order valence-corrected chi connectivity index (χ2v) is 14.1. The average molecular weight is 707 g/mol. The minimum absolute atomic E-state index is 0. The van der Waals surface area contributed by atoms with Crippen molar-refractivity contribution in [2.75, 3.05) is 10.6 Å². The van der Waals surface area contributed by atoms with Gasteiger partial charge in [-0.05, 0) is 74.9 Å². The monoisotopic (exact) mass is 706 g/mol. The molecule has 0 saturated heterocycles. The number of hydrogen-bond donors (Lipinski definition) is 2. The first-order chi connectivity index (χ1) is 21.8. The molecule has 14 heteroatoms. The van der Waals surface area contributed by atoms with Crippen molar-refractivity contribution in [2.45, 2.75) is 61.4 Å². The van der Waals surface area contributed by atoms with Crippen molar-refractivity contribution in [3.63, 3.8) is 0 Å². The fourth-order valence-corrected chi connectivity index (χ4v) is 7.26. The zero-order chi connectivity index (χ0) is 33.2. The fraction of sp³-hybridized carbons (Fsp3) is 0.235. The van der Waals surface area contributed by atoms with Crippen molar-refractivity contribution in [2.24, 2.45) is 0 Å². The average Bonchev–Trinajstić information content (AvgIpc) is 3.01. The molecule has 0 aliphatic heterocycles. The molecule has 0 bridgehead atoms. The standard InChI is InChI=1S/C34H34N2O8S2.2Na/c1-21(15-17-23-9-3-7-13-29(23)45(39,40)41)35-27-19-20-28(32-31(27)33(37)25-11-5-6-12-26(25)34(32)38)36-22(2)16-18-24-10-4-8-14-30(24)46(42,43)44;;/h3-14,19-22,35-36H,15-18H2,1-2H3,(H,39,40,41)(H,42,43,44);;/q;2*+1/p-2. The number of carbonyl (C=O) groups is 2. The normalized spacial score (nSPS) is 13.7. The number of fused-ring (bicyclic) bond motifs is 2. The molecule has 2 N–H and O–H groups in total. The largest absolute Gasteiger partial charge is 1.00 e. The fourth-order valence-electron chi connectivity index (χ4n) is 5.79. The Balaban J connectivity index is 0.00000312. The molecule has 0 spiro atoms. The Labute approximate surface area is 325 Å². The van der Waals surface area contributed by atoms with E-state index in [1.54, 1.807) is 60.7 Å². The van der Waals surface area contributed by atoms with E-state index in [0.717, 1.165) is 0 Å². The molecule has 4 aromatic carbocycles. The van der Waals surface area contributed by atoms with E-state index < -0.39 is 20.2 Å².